The van der Waals surface area contributed by atoms with Crippen LogP contribution in [-0.2, 0) is 13.0 Å². The maximum absolute atomic E-state index is 13.0. The summed E-state index contributed by atoms with van der Waals surface area (Å²) in [6, 6.07) is 9.14. The van der Waals surface area contributed by atoms with Crippen LogP contribution in [0.15, 0.2) is 45.8 Å². The number of rotatable bonds is 5. The van der Waals surface area contributed by atoms with E-state index in [1.54, 1.807) is 24.5 Å². The predicted molar refractivity (Wildman–Crippen MR) is 127 cm³/mol. The Hall–Kier alpha value is -2.93. The number of carbonyl (C=O) groups is 1. The standard InChI is InChI=1S/C26H32N4O3/c31-25(27-18-22(23-9-8-16-33-23)29-13-5-3-6-14-29)19-11-12-20-21(17-19)28-24-10-4-1-2-7-15-30(24)26(20)32/h8-9,11-12,16-17,22H,1-7,10,13-15,18H2,(H,27,31). The van der Waals surface area contributed by atoms with Gasteiger partial charge in [0.25, 0.3) is 11.5 Å². The summed E-state index contributed by atoms with van der Waals surface area (Å²) in [6.45, 7) is 3.22. The second-order valence-corrected chi connectivity index (χ2v) is 9.22. The first-order valence-corrected chi connectivity index (χ1v) is 12.3. The van der Waals surface area contributed by atoms with Crippen molar-refractivity contribution >= 4 is 16.8 Å². The third kappa shape index (κ3) is 4.74. The van der Waals surface area contributed by atoms with Crippen LogP contribution in [0, 0.1) is 0 Å². The van der Waals surface area contributed by atoms with Crippen molar-refractivity contribution in [1.29, 1.82) is 0 Å². The number of aromatic nitrogens is 2. The summed E-state index contributed by atoms with van der Waals surface area (Å²) in [6.07, 6.45) is 10.5. The van der Waals surface area contributed by atoms with Crippen LogP contribution in [0.25, 0.3) is 10.9 Å². The first-order chi connectivity index (χ1) is 16.2. The number of hydrogen-bond acceptors (Lipinski definition) is 5. The largest absolute Gasteiger partial charge is 0.468 e. The fraction of sp³-hybridized carbons (Fsp3) is 0.500. The Morgan fingerprint density at radius 1 is 1.03 bits per heavy atom. The highest BCUT2D eigenvalue weighted by molar-refractivity contribution is 5.97. The Balaban J connectivity index is 1.36. The minimum atomic E-state index is -0.154. The molecule has 1 fully saturated rings. The third-order valence-electron chi connectivity index (χ3n) is 6.99. The molecule has 5 rings (SSSR count). The molecule has 4 heterocycles. The molecule has 2 aliphatic heterocycles. The monoisotopic (exact) mass is 448 g/mol. The van der Waals surface area contributed by atoms with Crippen molar-refractivity contribution in [1.82, 2.24) is 19.8 Å². The molecule has 7 nitrogen and oxygen atoms in total. The molecular weight excluding hydrogens is 416 g/mol. The number of carbonyl (C=O) groups excluding carboxylic acids is 1. The van der Waals surface area contributed by atoms with Crippen LogP contribution in [0.4, 0.5) is 0 Å². The lowest BCUT2D eigenvalue weighted by molar-refractivity contribution is 0.0914. The van der Waals surface area contributed by atoms with E-state index in [2.05, 4.69) is 10.2 Å². The van der Waals surface area contributed by atoms with Gasteiger partial charge in [0.05, 0.1) is 23.2 Å². The van der Waals surface area contributed by atoms with Gasteiger partial charge in [0.15, 0.2) is 0 Å². The van der Waals surface area contributed by atoms with Crippen molar-refractivity contribution < 1.29 is 9.21 Å². The fourth-order valence-corrected chi connectivity index (χ4v) is 5.15. The van der Waals surface area contributed by atoms with Gasteiger partial charge >= 0.3 is 0 Å². The molecule has 1 unspecified atom stereocenters. The van der Waals surface area contributed by atoms with Crippen LogP contribution >= 0.6 is 0 Å². The topological polar surface area (TPSA) is 80.4 Å². The van der Waals surface area contributed by atoms with E-state index in [4.69, 9.17) is 9.40 Å². The van der Waals surface area contributed by atoms with Crippen molar-refractivity contribution in [3.05, 3.63) is 64.1 Å². The fourth-order valence-electron chi connectivity index (χ4n) is 5.15. The van der Waals surface area contributed by atoms with Gasteiger partial charge in [0.2, 0.25) is 0 Å². The van der Waals surface area contributed by atoms with E-state index in [1.165, 1.54) is 25.7 Å². The highest BCUT2D eigenvalue weighted by atomic mass is 16.3. The number of amides is 1. The summed E-state index contributed by atoms with van der Waals surface area (Å²) in [4.78, 5) is 33.3. The molecular formula is C26H32N4O3. The van der Waals surface area contributed by atoms with Gasteiger partial charge in [0.1, 0.15) is 11.6 Å². The minimum Gasteiger partial charge on any atom is -0.468 e. The molecule has 33 heavy (non-hydrogen) atoms. The lowest BCUT2D eigenvalue weighted by Gasteiger charge is -2.33. The number of piperidine rings is 1. The van der Waals surface area contributed by atoms with Crippen LogP contribution < -0.4 is 10.9 Å². The SMILES string of the molecule is O=C(NCC(c1ccco1)N1CCCCC1)c1ccc2c(=O)n3c(nc2c1)CCCCCC3. The maximum atomic E-state index is 13.0. The molecule has 1 saturated heterocycles. The average Bonchev–Trinajstić information content (AvgIpc) is 3.35. The van der Waals surface area contributed by atoms with Gasteiger partial charge < -0.3 is 9.73 Å². The van der Waals surface area contributed by atoms with E-state index >= 15 is 0 Å². The van der Waals surface area contributed by atoms with Crippen LogP contribution in [0.5, 0.6) is 0 Å². The first kappa shape index (κ1) is 21.9. The quantitative estimate of drug-likeness (QED) is 0.637. The Bertz CT molecular complexity index is 1160. The van der Waals surface area contributed by atoms with Crippen molar-refractivity contribution in [2.75, 3.05) is 19.6 Å². The van der Waals surface area contributed by atoms with Crippen molar-refractivity contribution in [2.24, 2.45) is 0 Å². The van der Waals surface area contributed by atoms with E-state index in [-0.39, 0.29) is 17.5 Å². The zero-order valence-corrected chi connectivity index (χ0v) is 19.1. The van der Waals surface area contributed by atoms with Gasteiger partial charge in [-0.2, -0.15) is 0 Å². The summed E-state index contributed by atoms with van der Waals surface area (Å²) in [5, 5.41) is 3.67. The molecule has 174 valence electrons. The first-order valence-electron chi connectivity index (χ1n) is 12.3. The van der Waals surface area contributed by atoms with Gasteiger partial charge in [-0.1, -0.05) is 19.3 Å². The molecule has 1 N–H and O–H groups in total. The van der Waals surface area contributed by atoms with E-state index in [1.807, 2.05) is 16.7 Å². The van der Waals surface area contributed by atoms with Gasteiger partial charge in [-0.15, -0.1) is 0 Å². The number of nitrogens with one attached hydrogen (secondary N) is 1. The van der Waals surface area contributed by atoms with Gasteiger partial charge in [0, 0.05) is 25.1 Å². The number of nitrogens with zero attached hydrogens (tertiary/aromatic N) is 3. The third-order valence-corrected chi connectivity index (χ3v) is 6.99. The highest BCUT2D eigenvalue weighted by Gasteiger charge is 2.25. The molecule has 0 saturated carbocycles. The Kier molecular flexibility index (Phi) is 6.58. The van der Waals surface area contributed by atoms with Gasteiger partial charge in [-0.05, 0) is 69.1 Å². The van der Waals surface area contributed by atoms with Crippen LogP contribution in [0.3, 0.4) is 0 Å². The molecule has 0 radical (unpaired) electrons. The van der Waals surface area contributed by atoms with Crippen molar-refractivity contribution in [2.45, 2.75) is 64.0 Å². The summed E-state index contributed by atoms with van der Waals surface area (Å²) in [7, 11) is 0. The molecule has 3 aromatic rings. The van der Waals surface area contributed by atoms with E-state index in [0.717, 1.165) is 56.9 Å². The number of likely N-dealkylation sites (tertiary alicyclic amines) is 1. The zero-order valence-electron chi connectivity index (χ0n) is 19.1. The number of benzene rings is 1. The summed E-state index contributed by atoms with van der Waals surface area (Å²) in [5.74, 6) is 1.57. The predicted octanol–water partition coefficient (Wildman–Crippen LogP) is 4.06. The van der Waals surface area contributed by atoms with Gasteiger partial charge in [-0.25, -0.2) is 4.98 Å². The van der Waals surface area contributed by atoms with Gasteiger partial charge in [-0.3, -0.25) is 19.1 Å². The smallest absolute Gasteiger partial charge is 0.261 e. The molecule has 0 aliphatic carbocycles. The molecule has 2 aromatic heterocycles. The second-order valence-electron chi connectivity index (χ2n) is 9.22. The Morgan fingerprint density at radius 2 is 1.82 bits per heavy atom. The summed E-state index contributed by atoms with van der Waals surface area (Å²) in [5.41, 5.74) is 1.15. The molecule has 1 atom stereocenters. The highest BCUT2D eigenvalue weighted by Crippen LogP contribution is 2.25. The maximum Gasteiger partial charge on any atom is 0.261 e. The molecule has 0 bridgehead atoms. The van der Waals surface area contributed by atoms with Crippen LogP contribution in [0.1, 0.15) is 72.9 Å². The molecule has 1 aromatic carbocycles. The molecule has 1 amide bonds. The number of fused-ring (bicyclic) bond motifs is 2. The summed E-state index contributed by atoms with van der Waals surface area (Å²) >= 11 is 0. The van der Waals surface area contributed by atoms with E-state index in [0.29, 0.717) is 23.0 Å². The summed E-state index contributed by atoms with van der Waals surface area (Å²) < 4.78 is 7.52. The van der Waals surface area contributed by atoms with Crippen LogP contribution in [-0.4, -0.2) is 40.0 Å². The number of furan rings is 1. The molecule has 7 heteroatoms. The lowest BCUT2D eigenvalue weighted by atomic mass is 10.1. The Labute approximate surface area is 193 Å². The van der Waals surface area contributed by atoms with Crippen molar-refractivity contribution in [3.63, 3.8) is 0 Å². The number of hydrogen-bond donors (Lipinski definition) is 1. The van der Waals surface area contributed by atoms with Crippen LogP contribution in [0.2, 0.25) is 0 Å². The minimum absolute atomic E-state index is 0.00633. The number of aryl methyl sites for hydroxylation is 1. The van der Waals surface area contributed by atoms with E-state index < -0.39 is 0 Å². The normalized spacial score (nSPS) is 18.3. The second kappa shape index (κ2) is 9.91. The van der Waals surface area contributed by atoms with Crippen molar-refractivity contribution in [3.8, 4) is 0 Å². The lowest BCUT2D eigenvalue weighted by Crippen LogP contribution is -2.40. The zero-order chi connectivity index (χ0) is 22.6. The average molecular weight is 449 g/mol. The van der Waals surface area contributed by atoms with E-state index in [9.17, 15) is 9.59 Å². The Morgan fingerprint density at radius 3 is 2.64 bits per heavy atom. The molecule has 2 aliphatic rings. The molecule has 0 spiro atoms.